The van der Waals surface area contributed by atoms with Crippen LogP contribution in [-0.2, 0) is 10.2 Å². The first kappa shape index (κ1) is 15.5. The fraction of sp³-hybridized carbons (Fsp3) is 0.692. The van der Waals surface area contributed by atoms with E-state index in [9.17, 15) is 8.42 Å². The Morgan fingerprint density at radius 2 is 2.35 bits per heavy atom. The highest BCUT2D eigenvalue weighted by Gasteiger charge is 2.30. The van der Waals surface area contributed by atoms with Crippen LogP contribution in [0.5, 0.6) is 0 Å². The lowest BCUT2D eigenvalue weighted by Gasteiger charge is -2.32. The van der Waals surface area contributed by atoms with Gasteiger partial charge in [0.2, 0.25) is 0 Å². The Morgan fingerprint density at radius 3 is 3.00 bits per heavy atom. The Labute approximate surface area is 120 Å². The highest BCUT2D eigenvalue weighted by atomic mass is 32.2. The molecule has 114 valence electrons. The molecule has 1 fully saturated rings. The van der Waals surface area contributed by atoms with Gasteiger partial charge in [0, 0.05) is 13.1 Å². The van der Waals surface area contributed by atoms with E-state index in [1.165, 1.54) is 4.31 Å². The molecule has 0 bridgehead atoms. The normalized spacial score (nSPS) is 22.8. The molecule has 0 radical (unpaired) electrons. The molecule has 2 atom stereocenters. The average Bonchev–Trinajstić information content (AvgIpc) is 2.93. The maximum absolute atomic E-state index is 12.4. The first-order valence-electron chi connectivity index (χ1n) is 6.98. The summed E-state index contributed by atoms with van der Waals surface area (Å²) in [5, 5.41) is 3.12. The highest BCUT2D eigenvalue weighted by molar-refractivity contribution is 7.87. The van der Waals surface area contributed by atoms with E-state index in [1.807, 2.05) is 7.05 Å². The van der Waals surface area contributed by atoms with Crippen molar-refractivity contribution >= 4 is 10.2 Å². The standard InChI is InChI=1S/C13H23N3O3S/c1-11(13-6-4-8-19-13)15-20(17,18)16-7-3-5-12(10-16)9-14-2/h4,6,8,11-12,14-15H,3,5,7,9-10H2,1-2H3. The number of piperidine rings is 1. The summed E-state index contributed by atoms with van der Waals surface area (Å²) in [6.45, 7) is 3.78. The molecule has 1 saturated heterocycles. The number of furan rings is 1. The molecular weight excluding hydrogens is 278 g/mol. The quantitative estimate of drug-likeness (QED) is 0.825. The number of hydrogen-bond donors (Lipinski definition) is 2. The predicted molar refractivity (Wildman–Crippen MR) is 77.4 cm³/mol. The van der Waals surface area contributed by atoms with Crippen LogP contribution in [0.4, 0.5) is 0 Å². The summed E-state index contributed by atoms with van der Waals surface area (Å²) < 4.78 is 34.2. The van der Waals surface area contributed by atoms with Gasteiger partial charge in [-0.05, 0) is 51.4 Å². The Bertz CT molecular complexity index is 499. The van der Waals surface area contributed by atoms with Gasteiger partial charge in [0.25, 0.3) is 10.2 Å². The number of rotatable bonds is 6. The molecule has 7 heteroatoms. The van der Waals surface area contributed by atoms with Crippen LogP contribution < -0.4 is 10.0 Å². The van der Waals surface area contributed by atoms with E-state index in [-0.39, 0.29) is 6.04 Å². The molecule has 0 spiro atoms. The molecule has 1 aromatic rings. The number of nitrogens with zero attached hydrogens (tertiary/aromatic N) is 1. The predicted octanol–water partition coefficient (Wildman–Crippen LogP) is 1.11. The van der Waals surface area contributed by atoms with Gasteiger partial charge in [0.1, 0.15) is 5.76 Å². The average molecular weight is 301 g/mol. The molecule has 1 aromatic heterocycles. The van der Waals surface area contributed by atoms with Crippen molar-refractivity contribution < 1.29 is 12.8 Å². The van der Waals surface area contributed by atoms with Gasteiger partial charge < -0.3 is 9.73 Å². The van der Waals surface area contributed by atoms with Gasteiger partial charge in [0.15, 0.2) is 0 Å². The summed E-state index contributed by atoms with van der Waals surface area (Å²) >= 11 is 0. The summed E-state index contributed by atoms with van der Waals surface area (Å²) in [4.78, 5) is 0. The van der Waals surface area contributed by atoms with E-state index in [2.05, 4.69) is 10.0 Å². The van der Waals surface area contributed by atoms with E-state index in [0.29, 0.717) is 24.8 Å². The molecule has 2 rings (SSSR count). The Morgan fingerprint density at radius 1 is 1.55 bits per heavy atom. The molecular formula is C13H23N3O3S. The second-order valence-corrected chi connectivity index (χ2v) is 6.99. The third-order valence-corrected chi connectivity index (χ3v) is 5.27. The van der Waals surface area contributed by atoms with Gasteiger partial charge in [-0.15, -0.1) is 0 Å². The molecule has 0 aromatic carbocycles. The van der Waals surface area contributed by atoms with Crippen LogP contribution in [0.15, 0.2) is 22.8 Å². The number of hydrogen-bond acceptors (Lipinski definition) is 4. The van der Waals surface area contributed by atoms with Gasteiger partial charge in [-0.3, -0.25) is 0 Å². The minimum absolute atomic E-state index is 0.361. The SMILES string of the molecule is CNCC1CCCN(S(=O)(=O)NC(C)c2ccco2)C1. The summed E-state index contributed by atoms with van der Waals surface area (Å²) in [5.41, 5.74) is 0. The summed E-state index contributed by atoms with van der Waals surface area (Å²) in [6, 6.07) is 3.16. The zero-order valence-electron chi connectivity index (χ0n) is 12.0. The molecule has 1 aliphatic rings. The smallest absolute Gasteiger partial charge is 0.280 e. The Balaban J connectivity index is 1.99. The molecule has 20 heavy (non-hydrogen) atoms. The van der Waals surface area contributed by atoms with Gasteiger partial charge in [-0.2, -0.15) is 17.4 Å². The molecule has 0 aliphatic carbocycles. The van der Waals surface area contributed by atoms with Crippen LogP contribution >= 0.6 is 0 Å². The third kappa shape index (κ3) is 3.82. The minimum atomic E-state index is -3.46. The van der Waals surface area contributed by atoms with E-state index < -0.39 is 10.2 Å². The van der Waals surface area contributed by atoms with Crippen molar-refractivity contribution in [3.05, 3.63) is 24.2 Å². The van der Waals surface area contributed by atoms with Crippen LogP contribution in [0, 0.1) is 5.92 Å². The molecule has 6 nitrogen and oxygen atoms in total. The number of nitrogens with one attached hydrogen (secondary N) is 2. The largest absolute Gasteiger partial charge is 0.468 e. The summed E-state index contributed by atoms with van der Waals surface area (Å²) in [7, 11) is -1.57. The van der Waals surface area contributed by atoms with Crippen molar-refractivity contribution in [1.82, 2.24) is 14.3 Å². The van der Waals surface area contributed by atoms with Crippen molar-refractivity contribution in [3.63, 3.8) is 0 Å². The first-order chi connectivity index (χ1) is 9.53. The van der Waals surface area contributed by atoms with Crippen LogP contribution in [0.1, 0.15) is 31.6 Å². The lowest BCUT2D eigenvalue weighted by molar-refractivity contribution is 0.259. The molecule has 2 N–H and O–H groups in total. The molecule has 2 unspecified atom stereocenters. The lowest BCUT2D eigenvalue weighted by atomic mass is 10.00. The van der Waals surface area contributed by atoms with Crippen LogP contribution in [0.25, 0.3) is 0 Å². The van der Waals surface area contributed by atoms with Crippen molar-refractivity contribution in [2.45, 2.75) is 25.8 Å². The molecule has 1 aliphatic heterocycles. The molecule has 2 heterocycles. The van der Waals surface area contributed by atoms with Gasteiger partial charge in [0.05, 0.1) is 12.3 Å². The van der Waals surface area contributed by atoms with E-state index in [1.54, 1.807) is 25.3 Å². The van der Waals surface area contributed by atoms with Gasteiger partial charge in [-0.25, -0.2) is 0 Å². The van der Waals surface area contributed by atoms with Gasteiger partial charge in [-0.1, -0.05) is 0 Å². The lowest BCUT2D eigenvalue weighted by Crippen LogP contribution is -2.47. The van der Waals surface area contributed by atoms with Crippen LogP contribution in [0.3, 0.4) is 0 Å². The fourth-order valence-electron chi connectivity index (χ4n) is 2.59. The maximum Gasteiger partial charge on any atom is 0.280 e. The maximum atomic E-state index is 12.4. The highest BCUT2D eigenvalue weighted by Crippen LogP contribution is 2.20. The summed E-state index contributed by atoms with van der Waals surface area (Å²) in [6.07, 6.45) is 3.52. The van der Waals surface area contributed by atoms with Crippen LogP contribution in [-0.4, -0.2) is 39.4 Å². The van der Waals surface area contributed by atoms with Crippen molar-refractivity contribution in [3.8, 4) is 0 Å². The monoisotopic (exact) mass is 301 g/mol. The van der Waals surface area contributed by atoms with Gasteiger partial charge >= 0.3 is 0 Å². The molecule has 0 amide bonds. The topological polar surface area (TPSA) is 74.6 Å². The van der Waals surface area contributed by atoms with Crippen molar-refractivity contribution in [2.24, 2.45) is 5.92 Å². The fourth-order valence-corrected chi connectivity index (χ4v) is 4.08. The molecule has 0 saturated carbocycles. The minimum Gasteiger partial charge on any atom is -0.468 e. The second-order valence-electron chi connectivity index (χ2n) is 5.28. The summed E-state index contributed by atoms with van der Waals surface area (Å²) in [5.74, 6) is 1.00. The van der Waals surface area contributed by atoms with Crippen molar-refractivity contribution in [2.75, 3.05) is 26.7 Å². The zero-order valence-corrected chi connectivity index (χ0v) is 12.8. The van der Waals surface area contributed by atoms with E-state index in [4.69, 9.17) is 4.42 Å². The van der Waals surface area contributed by atoms with E-state index >= 15 is 0 Å². The second kappa shape index (κ2) is 6.71. The van der Waals surface area contributed by atoms with Crippen molar-refractivity contribution in [1.29, 1.82) is 0 Å². The zero-order chi connectivity index (χ0) is 14.6. The van der Waals surface area contributed by atoms with E-state index in [0.717, 1.165) is 19.4 Å². The third-order valence-electron chi connectivity index (χ3n) is 3.61. The Hall–Kier alpha value is -0.890. The first-order valence-corrected chi connectivity index (χ1v) is 8.42. The van der Waals surface area contributed by atoms with Crippen LogP contribution in [0.2, 0.25) is 0 Å². The Kier molecular flexibility index (Phi) is 5.20.